The van der Waals surface area contributed by atoms with Gasteiger partial charge in [0.2, 0.25) is 5.82 Å². The SMILES string of the molecule is O=C(O)CCCNCc1ccc([N+](=O)[O-])c(F)c1. The molecule has 1 rings (SSSR count). The van der Waals surface area contributed by atoms with Crippen molar-refractivity contribution in [1.29, 1.82) is 0 Å². The van der Waals surface area contributed by atoms with Crippen LogP contribution < -0.4 is 5.32 Å². The molecular formula is C11H13FN2O4. The molecule has 0 amide bonds. The average Bonchev–Trinajstić information content (AvgIpc) is 2.27. The van der Waals surface area contributed by atoms with Crippen LogP contribution in [0.1, 0.15) is 18.4 Å². The van der Waals surface area contributed by atoms with Gasteiger partial charge in [0.25, 0.3) is 0 Å². The Labute approximate surface area is 103 Å². The molecule has 0 fully saturated rings. The molecule has 0 heterocycles. The van der Waals surface area contributed by atoms with E-state index in [0.29, 0.717) is 25.1 Å². The monoisotopic (exact) mass is 256 g/mol. The highest BCUT2D eigenvalue weighted by atomic mass is 19.1. The van der Waals surface area contributed by atoms with Gasteiger partial charge in [0, 0.05) is 19.0 Å². The van der Waals surface area contributed by atoms with Crippen LogP contribution in [-0.4, -0.2) is 22.5 Å². The van der Waals surface area contributed by atoms with Gasteiger partial charge >= 0.3 is 11.7 Å². The van der Waals surface area contributed by atoms with Crippen LogP contribution in [0, 0.1) is 15.9 Å². The number of halogens is 1. The van der Waals surface area contributed by atoms with E-state index in [4.69, 9.17) is 5.11 Å². The quantitative estimate of drug-likeness (QED) is 0.440. The number of benzene rings is 1. The van der Waals surface area contributed by atoms with E-state index in [-0.39, 0.29) is 6.42 Å². The molecule has 1 aromatic rings. The summed E-state index contributed by atoms with van der Waals surface area (Å²) in [7, 11) is 0. The number of hydrogen-bond acceptors (Lipinski definition) is 4. The first-order chi connectivity index (χ1) is 8.50. The van der Waals surface area contributed by atoms with Gasteiger partial charge in [0.15, 0.2) is 0 Å². The number of carboxylic acid groups (broad SMARTS) is 1. The summed E-state index contributed by atoms with van der Waals surface area (Å²) < 4.78 is 13.2. The number of nitrogens with one attached hydrogen (secondary N) is 1. The number of hydrogen-bond donors (Lipinski definition) is 2. The highest BCUT2D eigenvalue weighted by Gasteiger charge is 2.13. The molecule has 98 valence electrons. The largest absolute Gasteiger partial charge is 0.481 e. The summed E-state index contributed by atoms with van der Waals surface area (Å²) >= 11 is 0. The Balaban J connectivity index is 2.42. The molecule has 0 radical (unpaired) electrons. The molecule has 0 atom stereocenters. The van der Waals surface area contributed by atoms with E-state index in [9.17, 15) is 19.3 Å². The number of nitro groups is 1. The van der Waals surface area contributed by atoms with Crippen molar-refractivity contribution >= 4 is 11.7 Å². The second-order valence-electron chi connectivity index (χ2n) is 3.72. The van der Waals surface area contributed by atoms with Gasteiger partial charge in [-0.2, -0.15) is 4.39 Å². The third kappa shape index (κ3) is 4.46. The van der Waals surface area contributed by atoms with E-state index in [1.165, 1.54) is 6.07 Å². The summed E-state index contributed by atoms with van der Waals surface area (Å²) in [6.45, 7) is 0.833. The molecule has 1 aromatic carbocycles. The van der Waals surface area contributed by atoms with Crippen molar-refractivity contribution < 1.29 is 19.2 Å². The van der Waals surface area contributed by atoms with Crippen LogP contribution in [0.15, 0.2) is 18.2 Å². The van der Waals surface area contributed by atoms with Crippen molar-refractivity contribution in [3.05, 3.63) is 39.7 Å². The Morgan fingerprint density at radius 3 is 2.78 bits per heavy atom. The third-order valence-electron chi connectivity index (χ3n) is 2.28. The highest BCUT2D eigenvalue weighted by molar-refractivity contribution is 5.66. The third-order valence-corrected chi connectivity index (χ3v) is 2.28. The van der Waals surface area contributed by atoms with Gasteiger partial charge in [-0.15, -0.1) is 0 Å². The number of carbonyl (C=O) groups is 1. The minimum atomic E-state index is -0.871. The first-order valence-corrected chi connectivity index (χ1v) is 5.36. The summed E-state index contributed by atoms with van der Waals surface area (Å²) in [4.78, 5) is 19.8. The van der Waals surface area contributed by atoms with Crippen LogP contribution in [0.25, 0.3) is 0 Å². The van der Waals surface area contributed by atoms with Crippen molar-refractivity contribution in [3.8, 4) is 0 Å². The van der Waals surface area contributed by atoms with E-state index in [1.54, 1.807) is 0 Å². The standard InChI is InChI=1S/C11H13FN2O4/c12-9-6-8(3-4-10(9)14(17)18)7-13-5-1-2-11(15)16/h3-4,6,13H,1-2,5,7H2,(H,15,16). The maximum Gasteiger partial charge on any atom is 0.304 e. The Morgan fingerprint density at radius 2 is 2.22 bits per heavy atom. The number of nitrogens with zero attached hydrogens (tertiary/aromatic N) is 1. The molecule has 0 aliphatic rings. The van der Waals surface area contributed by atoms with Crippen molar-refractivity contribution in [1.82, 2.24) is 5.32 Å². The fourth-order valence-corrected chi connectivity index (χ4v) is 1.41. The normalized spacial score (nSPS) is 10.3. The molecule has 0 saturated carbocycles. The van der Waals surface area contributed by atoms with E-state index in [2.05, 4.69) is 5.32 Å². The topological polar surface area (TPSA) is 92.5 Å². The van der Waals surface area contributed by atoms with E-state index >= 15 is 0 Å². The zero-order chi connectivity index (χ0) is 13.5. The number of rotatable bonds is 7. The first kappa shape index (κ1) is 14.0. The lowest BCUT2D eigenvalue weighted by Gasteiger charge is -2.04. The minimum Gasteiger partial charge on any atom is -0.481 e. The van der Waals surface area contributed by atoms with Crippen molar-refractivity contribution in [3.63, 3.8) is 0 Å². The van der Waals surface area contributed by atoms with Crippen molar-refractivity contribution in [2.45, 2.75) is 19.4 Å². The lowest BCUT2D eigenvalue weighted by atomic mass is 10.2. The molecule has 0 saturated heterocycles. The van der Waals surface area contributed by atoms with Crippen molar-refractivity contribution in [2.24, 2.45) is 0 Å². The maximum absolute atomic E-state index is 13.2. The number of carboxylic acids is 1. The van der Waals surface area contributed by atoms with Crippen LogP contribution in [0.2, 0.25) is 0 Å². The van der Waals surface area contributed by atoms with Gasteiger partial charge in [-0.1, -0.05) is 6.07 Å². The molecule has 18 heavy (non-hydrogen) atoms. The molecule has 0 aliphatic carbocycles. The van der Waals surface area contributed by atoms with Crippen LogP contribution in [0.4, 0.5) is 10.1 Å². The molecule has 0 unspecified atom stereocenters. The van der Waals surface area contributed by atoms with Gasteiger partial charge in [0.05, 0.1) is 4.92 Å². The average molecular weight is 256 g/mol. The number of aliphatic carboxylic acids is 1. The second-order valence-corrected chi connectivity index (χ2v) is 3.72. The molecule has 0 bridgehead atoms. The van der Waals surface area contributed by atoms with Crippen molar-refractivity contribution in [2.75, 3.05) is 6.54 Å². The van der Waals surface area contributed by atoms with Crippen LogP contribution in [0.3, 0.4) is 0 Å². The van der Waals surface area contributed by atoms with Gasteiger partial charge in [0.1, 0.15) is 0 Å². The van der Waals surface area contributed by atoms with Crippen LogP contribution >= 0.6 is 0 Å². The Hall–Kier alpha value is -2.02. The van der Waals surface area contributed by atoms with E-state index in [1.807, 2.05) is 0 Å². The summed E-state index contributed by atoms with van der Waals surface area (Å²) in [5, 5.41) is 21.7. The summed E-state index contributed by atoms with van der Waals surface area (Å²) in [5.41, 5.74) is 0.0260. The highest BCUT2D eigenvalue weighted by Crippen LogP contribution is 2.17. The molecule has 0 spiro atoms. The minimum absolute atomic E-state index is 0.0711. The van der Waals surface area contributed by atoms with Gasteiger partial charge in [-0.05, 0) is 24.6 Å². The second kappa shape index (κ2) is 6.65. The molecule has 7 heteroatoms. The first-order valence-electron chi connectivity index (χ1n) is 5.36. The van der Waals surface area contributed by atoms with Gasteiger partial charge in [-0.3, -0.25) is 14.9 Å². The lowest BCUT2D eigenvalue weighted by molar-refractivity contribution is -0.387. The van der Waals surface area contributed by atoms with E-state index in [0.717, 1.165) is 12.1 Å². The Bertz CT molecular complexity index is 451. The lowest BCUT2D eigenvalue weighted by Crippen LogP contribution is -2.15. The zero-order valence-corrected chi connectivity index (χ0v) is 9.56. The van der Waals surface area contributed by atoms with Crippen LogP contribution in [-0.2, 0) is 11.3 Å². The summed E-state index contributed by atoms with van der Waals surface area (Å²) in [5.74, 6) is -1.73. The Kier molecular flexibility index (Phi) is 5.19. The van der Waals surface area contributed by atoms with E-state index < -0.39 is 22.4 Å². The Morgan fingerprint density at radius 1 is 1.50 bits per heavy atom. The number of nitro benzene ring substituents is 1. The smallest absolute Gasteiger partial charge is 0.304 e. The predicted molar refractivity (Wildman–Crippen MR) is 61.6 cm³/mol. The molecule has 2 N–H and O–H groups in total. The van der Waals surface area contributed by atoms with Gasteiger partial charge < -0.3 is 10.4 Å². The van der Waals surface area contributed by atoms with Crippen LogP contribution in [0.5, 0.6) is 0 Å². The zero-order valence-electron chi connectivity index (χ0n) is 9.56. The fraction of sp³-hybridized carbons (Fsp3) is 0.364. The predicted octanol–water partition coefficient (Wildman–Crippen LogP) is 1.69. The summed E-state index contributed by atoms with van der Waals surface area (Å²) in [6, 6.07) is 3.68. The molecule has 0 aromatic heterocycles. The maximum atomic E-state index is 13.2. The molecule has 6 nitrogen and oxygen atoms in total. The molecule has 0 aliphatic heterocycles. The summed E-state index contributed by atoms with van der Waals surface area (Å²) in [6.07, 6.45) is 0.548. The molecular weight excluding hydrogens is 243 g/mol. The fourth-order valence-electron chi connectivity index (χ4n) is 1.41. The van der Waals surface area contributed by atoms with Gasteiger partial charge in [-0.25, -0.2) is 0 Å².